The van der Waals surface area contributed by atoms with E-state index >= 15 is 0 Å². The molecule has 1 saturated heterocycles. The van der Waals surface area contributed by atoms with Gasteiger partial charge in [0.2, 0.25) is 0 Å². The summed E-state index contributed by atoms with van der Waals surface area (Å²) in [4.78, 5) is 17.0. The lowest BCUT2D eigenvalue weighted by atomic mass is 10.1. The second-order valence-corrected chi connectivity index (χ2v) is 6.24. The Kier molecular flexibility index (Phi) is 5.83. The largest absolute Gasteiger partial charge is 0.380 e. The molecule has 0 atom stereocenters. The molecule has 0 aliphatic carbocycles. The summed E-state index contributed by atoms with van der Waals surface area (Å²) in [5.74, 6) is 0.0160. The van der Waals surface area contributed by atoms with Crippen molar-refractivity contribution in [1.82, 2.24) is 19.6 Å². The van der Waals surface area contributed by atoms with E-state index in [-0.39, 0.29) is 5.91 Å². The molecule has 0 radical (unpaired) electrons. The SMILES string of the molecule is CCOCCN1CCN(C(=O)c2cc(-c3ccccc3)n(C)n2)CC1. The highest BCUT2D eigenvalue weighted by Crippen LogP contribution is 2.20. The molecule has 0 N–H and O–H groups in total. The van der Waals surface area contributed by atoms with E-state index in [0.717, 1.165) is 57.2 Å². The number of rotatable bonds is 6. The fourth-order valence-corrected chi connectivity index (χ4v) is 3.13. The molecule has 3 rings (SSSR count). The second-order valence-electron chi connectivity index (χ2n) is 6.24. The summed E-state index contributed by atoms with van der Waals surface area (Å²) in [6, 6.07) is 11.9. The van der Waals surface area contributed by atoms with Crippen molar-refractivity contribution in [3.63, 3.8) is 0 Å². The van der Waals surface area contributed by atoms with Crippen LogP contribution >= 0.6 is 0 Å². The minimum Gasteiger partial charge on any atom is -0.380 e. The van der Waals surface area contributed by atoms with Crippen LogP contribution in [0.15, 0.2) is 36.4 Å². The van der Waals surface area contributed by atoms with Gasteiger partial charge in [-0.25, -0.2) is 0 Å². The molecule has 0 unspecified atom stereocenters. The van der Waals surface area contributed by atoms with Gasteiger partial charge in [0, 0.05) is 46.4 Å². The number of ether oxygens (including phenoxy) is 1. The van der Waals surface area contributed by atoms with E-state index in [1.807, 2.05) is 55.3 Å². The molecule has 0 spiro atoms. The van der Waals surface area contributed by atoms with E-state index in [9.17, 15) is 4.79 Å². The van der Waals surface area contributed by atoms with Crippen LogP contribution < -0.4 is 0 Å². The number of aromatic nitrogens is 2. The number of piperazine rings is 1. The van der Waals surface area contributed by atoms with Crippen LogP contribution in [0.3, 0.4) is 0 Å². The number of aryl methyl sites for hydroxylation is 1. The molecule has 0 saturated carbocycles. The molecule has 1 fully saturated rings. The third kappa shape index (κ3) is 4.27. The minimum atomic E-state index is 0.0160. The Morgan fingerprint density at radius 3 is 2.56 bits per heavy atom. The number of hydrogen-bond acceptors (Lipinski definition) is 4. The summed E-state index contributed by atoms with van der Waals surface area (Å²) in [7, 11) is 1.88. The first-order chi connectivity index (χ1) is 12.2. The first-order valence-electron chi connectivity index (χ1n) is 8.88. The van der Waals surface area contributed by atoms with Gasteiger partial charge in [0.1, 0.15) is 0 Å². The van der Waals surface area contributed by atoms with Crippen molar-refractivity contribution >= 4 is 5.91 Å². The minimum absolute atomic E-state index is 0.0160. The van der Waals surface area contributed by atoms with E-state index in [4.69, 9.17) is 4.74 Å². The van der Waals surface area contributed by atoms with Gasteiger partial charge in [-0.2, -0.15) is 5.10 Å². The van der Waals surface area contributed by atoms with Crippen molar-refractivity contribution in [2.45, 2.75) is 6.92 Å². The Bertz CT molecular complexity index is 691. The quantitative estimate of drug-likeness (QED) is 0.752. The average molecular weight is 342 g/mol. The van der Waals surface area contributed by atoms with Crippen LogP contribution in [0.5, 0.6) is 0 Å². The van der Waals surface area contributed by atoms with Gasteiger partial charge in [-0.15, -0.1) is 0 Å². The molecule has 2 heterocycles. The first kappa shape index (κ1) is 17.6. The zero-order chi connectivity index (χ0) is 17.6. The lowest BCUT2D eigenvalue weighted by molar-refractivity contribution is 0.0559. The number of nitrogens with zero attached hydrogens (tertiary/aromatic N) is 4. The van der Waals surface area contributed by atoms with Gasteiger partial charge in [0.25, 0.3) is 5.91 Å². The van der Waals surface area contributed by atoms with E-state index in [1.54, 1.807) is 4.68 Å². The monoisotopic (exact) mass is 342 g/mol. The summed E-state index contributed by atoms with van der Waals surface area (Å²) >= 11 is 0. The van der Waals surface area contributed by atoms with Crippen molar-refractivity contribution in [3.8, 4) is 11.3 Å². The smallest absolute Gasteiger partial charge is 0.274 e. The predicted octanol–water partition coefficient (Wildman–Crippen LogP) is 1.88. The standard InChI is InChI=1S/C19H26N4O2/c1-3-25-14-13-22-9-11-23(12-10-22)19(24)17-15-18(21(2)20-17)16-7-5-4-6-8-16/h4-8,15H,3,9-14H2,1-2H3. The maximum absolute atomic E-state index is 12.8. The van der Waals surface area contributed by atoms with Crippen LogP contribution in [0.25, 0.3) is 11.3 Å². The fourth-order valence-electron chi connectivity index (χ4n) is 3.13. The van der Waals surface area contributed by atoms with Crippen LogP contribution in [0, 0.1) is 0 Å². The van der Waals surface area contributed by atoms with Crippen LogP contribution in [-0.4, -0.2) is 71.4 Å². The Morgan fingerprint density at radius 2 is 1.88 bits per heavy atom. The third-order valence-electron chi connectivity index (χ3n) is 4.58. The molecule has 25 heavy (non-hydrogen) atoms. The molecule has 0 bridgehead atoms. The molecule has 6 nitrogen and oxygen atoms in total. The Balaban J connectivity index is 1.61. The summed E-state index contributed by atoms with van der Waals surface area (Å²) in [5.41, 5.74) is 2.54. The predicted molar refractivity (Wildman–Crippen MR) is 97.5 cm³/mol. The van der Waals surface area contributed by atoms with Gasteiger partial charge in [-0.1, -0.05) is 30.3 Å². The zero-order valence-electron chi connectivity index (χ0n) is 15.0. The Labute approximate surface area is 149 Å². The highest BCUT2D eigenvalue weighted by Gasteiger charge is 2.24. The molecule has 1 aromatic heterocycles. The molecule has 1 aliphatic heterocycles. The van der Waals surface area contributed by atoms with Gasteiger partial charge in [0.15, 0.2) is 5.69 Å². The van der Waals surface area contributed by atoms with E-state index in [0.29, 0.717) is 5.69 Å². The lowest BCUT2D eigenvalue weighted by Gasteiger charge is -2.34. The highest BCUT2D eigenvalue weighted by atomic mass is 16.5. The van der Waals surface area contributed by atoms with Gasteiger partial charge < -0.3 is 9.64 Å². The first-order valence-corrected chi connectivity index (χ1v) is 8.88. The van der Waals surface area contributed by atoms with Crippen molar-refractivity contribution in [2.75, 3.05) is 45.9 Å². The zero-order valence-corrected chi connectivity index (χ0v) is 15.0. The maximum Gasteiger partial charge on any atom is 0.274 e. The van der Waals surface area contributed by atoms with Gasteiger partial charge in [-0.05, 0) is 18.6 Å². The van der Waals surface area contributed by atoms with Crippen LogP contribution in [0.2, 0.25) is 0 Å². The lowest BCUT2D eigenvalue weighted by Crippen LogP contribution is -2.49. The molecular weight excluding hydrogens is 316 g/mol. The highest BCUT2D eigenvalue weighted by molar-refractivity contribution is 5.93. The van der Waals surface area contributed by atoms with Crippen molar-refractivity contribution in [2.24, 2.45) is 7.05 Å². The molecule has 6 heteroatoms. The van der Waals surface area contributed by atoms with E-state index < -0.39 is 0 Å². The van der Waals surface area contributed by atoms with E-state index in [2.05, 4.69) is 10.00 Å². The number of benzene rings is 1. The Hall–Kier alpha value is -2.18. The average Bonchev–Trinajstić information content (AvgIpc) is 3.04. The van der Waals surface area contributed by atoms with Gasteiger partial charge >= 0.3 is 0 Å². The van der Waals surface area contributed by atoms with Crippen molar-refractivity contribution in [1.29, 1.82) is 0 Å². The Morgan fingerprint density at radius 1 is 1.16 bits per heavy atom. The van der Waals surface area contributed by atoms with E-state index in [1.165, 1.54) is 0 Å². The summed E-state index contributed by atoms with van der Waals surface area (Å²) in [6.45, 7) is 7.69. The molecule has 134 valence electrons. The summed E-state index contributed by atoms with van der Waals surface area (Å²) in [6.07, 6.45) is 0. The summed E-state index contributed by atoms with van der Waals surface area (Å²) < 4.78 is 7.18. The summed E-state index contributed by atoms with van der Waals surface area (Å²) in [5, 5.41) is 4.43. The molecular formula is C19H26N4O2. The van der Waals surface area contributed by atoms with Crippen LogP contribution in [0.4, 0.5) is 0 Å². The number of carbonyl (C=O) groups excluding carboxylic acids is 1. The fraction of sp³-hybridized carbons (Fsp3) is 0.474. The maximum atomic E-state index is 12.8. The van der Waals surface area contributed by atoms with Crippen molar-refractivity contribution in [3.05, 3.63) is 42.1 Å². The molecule has 2 aromatic rings. The van der Waals surface area contributed by atoms with Gasteiger partial charge in [0.05, 0.1) is 12.3 Å². The molecule has 1 aliphatic rings. The molecule has 1 aromatic carbocycles. The normalized spacial score (nSPS) is 15.5. The number of hydrogen-bond donors (Lipinski definition) is 0. The number of amides is 1. The van der Waals surface area contributed by atoms with Gasteiger partial charge in [-0.3, -0.25) is 14.4 Å². The third-order valence-corrected chi connectivity index (χ3v) is 4.58. The topological polar surface area (TPSA) is 50.6 Å². The number of carbonyl (C=O) groups is 1. The van der Waals surface area contributed by atoms with Crippen molar-refractivity contribution < 1.29 is 9.53 Å². The second kappa shape index (κ2) is 8.27. The van der Waals surface area contributed by atoms with Crippen LogP contribution in [-0.2, 0) is 11.8 Å². The molecule has 1 amide bonds. The van der Waals surface area contributed by atoms with Crippen LogP contribution in [0.1, 0.15) is 17.4 Å².